The number of aryl methyl sites for hydroxylation is 1. The highest BCUT2D eigenvalue weighted by atomic mass is 32.3. The minimum Gasteiger partial charge on any atom is -0.336 e. The predicted octanol–water partition coefficient (Wildman–Crippen LogP) is 1.04. The van der Waals surface area contributed by atoms with Crippen molar-refractivity contribution in [2.75, 3.05) is 12.3 Å². The molecule has 0 spiro atoms. The van der Waals surface area contributed by atoms with Crippen LogP contribution in [0.5, 0.6) is 0 Å². The summed E-state index contributed by atoms with van der Waals surface area (Å²) >= 11 is 0. The average molecular weight is 286 g/mol. The molecule has 7 heteroatoms. The molecule has 5 nitrogen and oxygen atoms in total. The maximum Gasteiger partial charge on any atom is 0.302 e. The first-order valence-corrected chi connectivity index (χ1v) is 7.51. The number of rotatable bonds is 4. The number of carbonyl (C=O) groups is 1. The van der Waals surface area contributed by atoms with Crippen molar-refractivity contribution < 1.29 is 17.1 Å². The molecular formula is C12H15FN2O3S. The number of hydrogen-bond donors (Lipinski definition) is 0. The van der Waals surface area contributed by atoms with E-state index in [1.54, 1.807) is 6.20 Å². The first kappa shape index (κ1) is 13.9. The number of aromatic nitrogens is 1. The Bertz CT molecular complexity index is 588. The zero-order valence-corrected chi connectivity index (χ0v) is 11.4. The van der Waals surface area contributed by atoms with Crippen molar-refractivity contribution in [2.45, 2.75) is 19.9 Å². The SMILES string of the molecule is Cc1cccnc1CN1CC(CS(=O)(=O)F)CC1=O. The molecule has 2 rings (SSSR count). The smallest absolute Gasteiger partial charge is 0.302 e. The molecule has 0 radical (unpaired) electrons. The fourth-order valence-electron chi connectivity index (χ4n) is 2.26. The van der Waals surface area contributed by atoms with Crippen LogP contribution in [0.3, 0.4) is 0 Å². The predicted molar refractivity (Wildman–Crippen MR) is 67.4 cm³/mol. The Kier molecular flexibility index (Phi) is 3.84. The van der Waals surface area contributed by atoms with Gasteiger partial charge in [-0.1, -0.05) is 6.07 Å². The van der Waals surface area contributed by atoms with Gasteiger partial charge in [0.15, 0.2) is 0 Å². The summed E-state index contributed by atoms with van der Waals surface area (Å²) < 4.78 is 33.8. The van der Waals surface area contributed by atoms with E-state index < -0.39 is 21.9 Å². The van der Waals surface area contributed by atoms with E-state index in [-0.39, 0.29) is 18.9 Å². The summed E-state index contributed by atoms with van der Waals surface area (Å²) in [7, 11) is -4.53. The molecule has 0 aliphatic carbocycles. The van der Waals surface area contributed by atoms with E-state index in [0.717, 1.165) is 11.3 Å². The Balaban J connectivity index is 2.03. The minimum atomic E-state index is -4.53. The normalized spacial score (nSPS) is 20.0. The monoisotopic (exact) mass is 286 g/mol. The number of amides is 1. The van der Waals surface area contributed by atoms with Crippen LogP contribution >= 0.6 is 0 Å². The molecular weight excluding hydrogens is 271 g/mol. The molecule has 1 fully saturated rings. The molecule has 104 valence electrons. The molecule has 0 bridgehead atoms. The highest BCUT2D eigenvalue weighted by Gasteiger charge is 2.33. The topological polar surface area (TPSA) is 67.3 Å². The lowest BCUT2D eigenvalue weighted by atomic mass is 10.1. The van der Waals surface area contributed by atoms with Gasteiger partial charge in [-0.05, 0) is 18.6 Å². The van der Waals surface area contributed by atoms with Crippen LogP contribution in [0.4, 0.5) is 3.89 Å². The molecule has 1 aliphatic heterocycles. The molecule has 1 amide bonds. The second-order valence-electron chi connectivity index (χ2n) is 4.82. The second-order valence-corrected chi connectivity index (χ2v) is 6.23. The van der Waals surface area contributed by atoms with E-state index in [9.17, 15) is 17.1 Å². The van der Waals surface area contributed by atoms with Crippen LogP contribution in [0.1, 0.15) is 17.7 Å². The van der Waals surface area contributed by atoms with E-state index in [0.29, 0.717) is 6.54 Å². The van der Waals surface area contributed by atoms with Gasteiger partial charge >= 0.3 is 10.2 Å². The molecule has 19 heavy (non-hydrogen) atoms. The van der Waals surface area contributed by atoms with Crippen LogP contribution in [-0.4, -0.2) is 36.5 Å². The number of nitrogens with zero attached hydrogens (tertiary/aromatic N) is 2. The summed E-state index contributed by atoms with van der Waals surface area (Å²) in [5.74, 6) is -1.21. The highest BCUT2D eigenvalue weighted by Crippen LogP contribution is 2.22. The van der Waals surface area contributed by atoms with Gasteiger partial charge < -0.3 is 4.90 Å². The van der Waals surface area contributed by atoms with Crippen molar-refractivity contribution in [2.24, 2.45) is 5.92 Å². The molecule has 0 aromatic carbocycles. The average Bonchev–Trinajstić information content (AvgIpc) is 2.60. The number of halogens is 1. The summed E-state index contributed by atoms with van der Waals surface area (Å²) in [5, 5.41) is 0. The van der Waals surface area contributed by atoms with Gasteiger partial charge in [0.25, 0.3) is 0 Å². The van der Waals surface area contributed by atoms with Gasteiger partial charge in [-0.15, -0.1) is 3.89 Å². The summed E-state index contributed by atoms with van der Waals surface area (Å²) in [6.45, 7) is 2.50. The van der Waals surface area contributed by atoms with Crippen molar-refractivity contribution in [3.05, 3.63) is 29.6 Å². The summed E-state index contributed by atoms with van der Waals surface area (Å²) in [6, 6.07) is 3.70. The summed E-state index contributed by atoms with van der Waals surface area (Å²) in [5.41, 5.74) is 1.75. The lowest BCUT2D eigenvalue weighted by Crippen LogP contribution is -2.26. The van der Waals surface area contributed by atoms with E-state index in [1.165, 1.54) is 4.90 Å². The Labute approximate surface area is 111 Å². The van der Waals surface area contributed by atoms with E-state index in [4.69, 9.17) is 0 Å². The molecule has 0 N–H and O–H groups in total. The number of hydrogen-bond acceptors (Lipinski definition) is 4. The molecule has 1 saturated heterocycles. The number of likely N-dealkylation sites (tertiary alicyclic amines) is 1. The maximum absolute atomic E-state index is 12.6. The van der Waals surface area contributed by atoms with Crippen molar-refractivity contribution in [3.63, 3.8) is 0 Å². The van der Waals surface area contributed by atoms with Gasteiger partial charge in [0, 0.05) is 25.1 Å². The molecule has 1 aliphatic rings. The Morgan fingerprint density at radius 2 is 2.26 bits per heavy atom. The van der Waals surface area contributed by atoms with Crippen LogP contribution in [0.15, 0.2) is 18.3 Å². The van der Waals surface area contributed by atoms with Crippen molar-refractivity contribution in [1.29, 1.82) is 0 Å². The fraction of sp³-hybridized carbons (Fsp3) is 0.500. The van der Waals surface area contributed by atoms with Crippen LogP contribution in [0.25, 0.3) is 0 Å². The molecule has 1 unspecified atom stereocenters. The lowest BCUT2D eigenvalue weighted by Gasteiger charge is -2.16. The first-order chi connectivity index (χ1) is 8.85. The summed E-state index contributed by atoms with van der Waals surface area (Å²) in [6.07, 6.45) is 1.72. The van der Waals surface area contributed by atoms with Gasteiger partial charge in [0.1, 0.15) is 0 Å². The number of pyridine rings is 1. The minimum absolute atomic E-state index is 0.0784. The van der Waals surface area contributed by atoms with Gasteiger partial charge in [-0.2, -0.15) is 8.42 Å². The van der Waals surface area contributed by atoms with Gasteiger partial charge in [0.05, 0.1) is 18.0 Å². The molecule has 2 heterocycles. The van der Waals surface area contributed by atoms with Crippen molar-refractivity contribution in [1.82, 2.24) is 9.88 Å². The highest BCUT2D eigenvalue weighted by molar-refractivity contribution is 7.86. The second kappa shape index (κ2) is 5.24. The third kappa shape index (κ3) is 3.73. The van der Waals surface area contributed by atoms with Crippen LogP contribution < -0.4 is 0 Å². The molecule has 1 aromatic heterocycles. The van der Waals surface area contributed by atoms with Crippen LogP contribution in [0.2, 0.25) is 0 Å². The van der Waals surface area contributed by atoms with Gasteiger partial charge in [-0.3, -0.25) is 9.78 Å². The standard InChI is InChI=1S/C12H15FN2O3S/c1-9-3-2-4-14-11(9)7-15-6-10(5-12(15)16)8-19(13,17)18/h2-4,10H,5-8H2,1H3. The van der Waals surface area contributed by atoms with Gasteiger partial charge in [-0.25, -0.2) is 0 Å². The van der Waals surface area contributed by atoms with Crippen LogP contribution in [0, 0.1) is 12.8 Å². The Hall–Kier alpha value is -1.50. The quantitative estimate of drug-likeness (QED) is 0.776. The Morgan fingerprint density at radius 1 is 1.53 bits per heavy atom. The summed E-state index contributed by atoms with van der Waals surface area (Å²) in [4.78, 5) is 17.5. The van der Waals surface area contributed by atoms with Gasteiger partial charge in [0.2, 0.25) is 5.91 Å². The zero-order valence-electron chi connectivity index (χ0n) is 10.5. The zero-order chi connectivity index (χ0) is 14.0. The van der Waals surface area contributed by atoms with E-state index in [2.05, 4.69) is 4.98 Å². The maximum atomic E-state index is 12.6. The molecule has 1 atom stereocenters. The lowest BCUT2D eigenvalue weighted by molar-refractivity contribution is -0.128. The van der Waals surface area contributed by atoms with Crippen molar-refractivity contribution >= 4 is 16.1 Å². The fourth-order valence-corrected chi connectivity index (χ4v) is 3.05. The third-order valence-corrected chi connectivity index (χ3v) is 4.06. The van der Waals surface area contributed by atoms with Crippen LogP contribution in [-0.2, 0) is 21.6 Å². The van der Waals surface area contributed by atoms with E-state index >= 15 is 0 Å². The Morgan fingerprint density at radius 3 is 2.89 bits per heavy atom. The van der Waals surface area contributed by atoms with Crippen molar-refractivity contribution in [3.8, 4) is 0 Å². The van der Waals surface area contributed by atoms with E-state index in [1.807, 2.05) is 19.1 Å². The molecule has 0 saturated carbocycles. The largest absolute Gasteiger partial charge is 0.336 e. The third-order valence-electron chi connectivity index (χ3n) is 3.19. The molecule has 1 aromatic rings. The first-order valence-electron chi connectivity index (χ1n) is 5.96. The number of carbonyl (C=O) groups excluding carboxylic acids is 1.